The molecule has 0 saturated heterocycles. The van der Waals surface area contributed by atoms with Crippen LogP contribution in [0.1, 0.15) is 11.1 Å². The van der Waals surface area contributed by atoms with Gasteiger partial charge in [-0.1, -0.05) is 6.07 Å². The number of halogens is 1. The van der Waals surface area contributed by atoms with E-state index in [4.69, 9.17) is 4.74 Å². The van der Waals surface area contributed by atoms with Gasteiger partial charge in [-0.15, -0.1) is 0 Å². The van der Waals surface area contributed by atoms with Crippen molar-refractivity contribution in [3.8, 4) is 16.9 Å². The van der Waals surface area contributed by atoms with Crippen LogP contribution in [0.15, 0.2) is 60.9 Å². The highest BCUT2D eigenvalue weighted by Gasteiger charge is 2.06. The van der Waals surface area contributed by atoms with Crippen LogP contribution in [0.25, 0.3) is 11.1 Å². The van der Waals surface area contributed by atoms with Crippen LogP contribution < -0.4 is 4.74 Å². The summed E-state index contributed by atoms with van der Waals surface area (Å²) in [4.78, 5) is 14.4. The Morgan fingerprint density at radius 2 is 1.84 bits per heavy atom. The zero-order chi connectivity index (χ0) is 17.8. The summed E-state index contributed by atoms with van der Waals surface area (Å²) in [6, 6.07) is 12.7. The molecule has 3 rings (SSSR count). The number of aromatic nitrogens is 1. The molecule has 0 atom stereocenters. The van der Waals surface area contributed by atoms with Crippen molar-refractivity contribution in [3.63, 3.8) is 0 Å². The van der Waals surface area contributed by atoms with E-state index >= 15 is 0 Å². The first-order chi connectivity index (χ1) is 12.0. The highest BCUT2D eigenvalue weighted by Crippen LogP contribution is 2.23. The normalized spacial score (nSPS) is 10.5. The first kappa shape index (κ1) is 16.6. The number of nitrogens with zero attached hydrogens (tertiary/aromatic N) is 2. The average molecular weight is 338 g/mol. The van der Waals surface area contributed by atoms with E-state index < -0.39 is 4.92 Å². The molecule has 1 heterocycles. The van der Waals surface area contributed by atoms with Crippen LogP contribution in [0.2, 0.25) is 0 Å². The Labute approximate surface area is 143 Å². The molecule has 2 aromatic carbocycles. The highest BCUT2D eigenvalue weighted by atomic mass is 19.1. The molecule has 0 fully saturated rings. The molecule has 6 heteroatoms. The van der Waals surface area contributed by atoms with Gasteiger partial charge in [-0.2, -0.15) is 0 Å². The lowest BCUT2D eigenvalue weighted by molar-refractivity contribution is -0.384. The molecule has 0 saturated carbocycles. The van der Waals surface area contributed by atoms with Crippen LogP contribution in [-0.2, 0) is 6.61 Å². The SMILES string of the molecule is Cc1cc(-c2cncc(COc3ccc([N+](=O)[O-])cc3)c2)ccc1F. The molecule has 0 unspecified atom stereocenters. The summed E-state index contributed by atoms with van der Waals surface area (Å²) < 4.78 is 19.0. The van der Waals surface area contributed by atoms with Crippen LogP contribution in [0.4, 0.5) is 10.1 Å². The third-order valence-corrected chi connectivity index (χ3v) is 3.74. The van der Waals surface area contributed by atoms with Gasteiger partial charge in [0.15, 0.2) is 0 Å². The Morgan fingerprint density at radius 3 is 2.52 bits per heavy atom. The molecule has 0 amide bonds. The Bertz CT molecular complexity index is 911. The number of non-ortho nitro benzene ring substituents is 1. The molecule has 0 spiro atoms. The second kappa shape index (κ2) is 7.09. The second-order valence-electron chi connectivity index (χ2n) is 5.59. The van der Waals surface area contributed by atoms with Gasteiger partial charge in [-0.05, 0) is 48.4 Å². The van der Waals surface area contributed by atoms with Gasteiger partial charge >= 0.3 is 0 Å². The molecule has 0 aliphatic carbocycles. The fraction of sp³-hybridized carbons (Fsp3) is 0.105. The third-order valence-electron chi connectivity index (χ3n) is 3.74. The van der Waals surface area contributed by atoms with E-state index in [0.29, 0.717) is 11.3 Å². The van der Waals surface area contributed by atoms with Gasteiger partial charge < -0.3 is 4.74 Å². The topological polar surface area (TPSA) is 65.3 Å². The van der Waals surface area contributed by atoms with Crippen molar-refractivity contribution in [2.75, 3.05) is 0 Å². The maximum absolute atomic E-state index is 13.4. The quantitative estimate of drug-likeness (QED) is 0.500. The van der Waals surface area contributed by atoms with Crippen molar-refractivity contribution in [3.05, 3.63) is 88.0 Å². The predicted octanol–water partition coefficient (Wildman–Crippen LogP) is 4.68. The standard InChI is InChI=1S/C19H15FN2O3/c1-13-8-15(2-7-19(13)20)16-9-14(10-21-11-16)12-25-18-5-3-17(4-6-18)22(23)24/h2-11H,12H2,1H3. The fourth-order valence-corrected chi connectivity index (χ4v) is 2.38. The van der Waals surface area contributed by atoms with Crippen molar-refractivity contribution in [2.45, 2.75) is 13.5 Å². The molecule has 25 heavy (non-hydrogen) atoms. The Kier molecular flexibility index (Phi) is 4.70. The zero-order valence-corrected chi connectivity index (χ0v) is 13.5. The van der Waals surface area contributed by atoms with Crippen molar-refractivity contribution >= 4 is 5.69 Å². The smallest absolute Gasteiger partial charge is 0.269 e. The molecule has 1 aromatic heterocycles. The summed E-state index contributed by atoms with van der Waals surface area (Å²) >= 11 is 0. The number of hydrogen-bond acceptors (Lipinski definition) is 4. The van der Waals surface area contributed by atoms with E-state index in [1.807, 2.05) is 6.07 Å². The summed E-state index contributed by atoms with van der Waals surface area (Å²) in [5.74, 6) is 0.294. The highest BCUT2D eigenvalue weighted by molar-refractivity contribution is 5.63. The minimum atomic E-state index is -0.456. The Balaban J connectivity index is 1.73. The maximum Gasteiger partial charge on any atom is 0.269 e. The summed E-state index contributed by atoms with van der Waals surface area (Å²) in [5.41, 5.74) is 3.18. The van der Waals surface area contributed by atoms with E-state index in [9.17, 15) is 14.5 Å². The van der Waals surface area contributed by atoms with Crippen molar-refractivity contribution < 1.29 is 14.1 Å². The molecule has 0 N–H and O–H groups in total. The van der Waals surface area contributed by atoms with Crippen LogP contribution >= 0.6 is 0 Å². The number of rotatable bonds is 5. The molecule has 126 valence electrons. The largest absolute Gasteiger partial charge is 0.489 e. The lowest BCUT2D eigenvalue weighted by atomic mass is 10.0. The number of nitro groups is 1. The second-order valence-corrected chi connectivity index (χ2v) is 5.59. The van der Waals surface area contributed by atoms with Gasteiger partial charge in [0.1, 0.15) is 18.2 Å². The predicted molar refractivity (Wildman–Crippen MR) is 91.8 cm³/mol. The van der Waals surface area contributed by atoms with Gasteiger partial charge in [0.25, 0.3) is 5.69 Å². The van der Waals surface area contributed by atoms with E-state index in [-0.39, 0.29) is 18.1 Å². The van der Waals surface area contributed by atoms with Crippen LogP contribution in [-0.4, -0.2) is 9.91 Å². The van der Waals surface area contributed by atoms with Crippen molar-refractivity contribution in [2.24, 2.45) is 0 Å². The van der Waals surface area contributed by atoms with Gasteiger partial charge in [0.05, 0.1) is 4.92 Å². The number of benzene rings is 2. The Hall–Kier alpha value is -3.28. The summed E-state index contributed by atoms with van der Waals surface area (Å²) in [6.45, 7) is 1.99. The van der Waals surface area contributed by atoms with Gasteiger partial charge in [-0.25, -0.2) is 4.39 Å². The third kappa shape index (κ3) is 3.98. The monoisotopic (exact) mass is 338 g/mol. The summed E-state index contributed by atoms with van der Waals surface area (Å²) in [5, 5.41) is 10.6. The van der Waals surface area contributed by atoms with Crippen LogP contribution in [0.3, 0.4) is 0 Å². The van der Waals surface area contributed by atoms with E-state index in [2.05, 4.69) is 4.98 Å². The number of ether oxygens (including phenoxy) is 1. The van der Waals surface area contributed by atoms with E-state index in [0.717, 1.165) is 16.7 Å². The average Bonchev–Trinajstić information content (AvgIpc) is 2.63. The van der Waals surface area contributed by atoms with E-state index in [1.54, 1.807) is 43.6 Å². The molecule has 0 radical (unpaired) electrons. The lowest BCUT2D eigenvalue weighted by Gasteiger charge is -2.08. The Morgan fingerprint density at radius 1 is 1.08 bits per heavy atom. The minimum Gasteiger partial charge on any atom is -0.489 e. The van der Waals surface area contributed by atoms with Gasteiger partial charge in [-0.3, -0.25) is 15.1 Å². The first-order valence-corrected chi connectivity index (χ1v) is 7.60. The molecule has 0 aliphatic rings. The molecule has 5 nitrogen and oxygen atoms in total. The molecule has 0 aliphatic heterocycles. The fourth-order valence-electron chi connectivity index (χ4n) is 2.38. The van der Waals surface area contributed by atoms with Gasteiger partial charge in [0.2, 0.25) is 0 Å². The molecule has 0 bridgehead atoms. The van der Waals surface area contributed by atoms with Crippen LogP contribution in [0, 0.1) is 22.9 Å². The zero-order valence-electron chi connectivity index (χ0n) is 13.5. The van der Waals surface area contributed by atoms with Crippen molar-refractivity contribution in [1.29, 1.82) is 0 Å². The van der Waals surface area contributed by atoms with E-state index in [1.165, 1.54) is 18.2 Å². The van der Waals surface area contributed by atoms with Crippen LogP contribution in [0.5, 0.6) is 5.75 Å². The first-order valence-electron chi connectivity index (χ1n) is 7.60. The molecule has 3 aromatic rings. The molecular weight excluding hydrogens is 323 g/mol. The lowest BCUT2D eigenvalue weighted by Crippen LogP contribution is -1.97. The number of pyridine rings is 1. The summed E-state index contributed by atoms with van der Waals surface area (Å²) in [6.07, 6.45) is 3.40. The number of aryl methyl sites for hydroxylation is 1. The van der Waals surface area contributed by atoms with Crippen molar-refractivity contribution in [1.82, 2.24) is 4.98 Å². The minimum absolute atomic E-state index is 0.0164. The number of nitro benzene ring substituents is 1. The number of hydrogen-bond donors (Lipinski definition) is 0. The maximum atomic E-state index is 13.4. The summed E-state index contributed by atoms with van der Waals surface area (Å²) in [7, 11) is 0. The van der Waals surface area contributed by atoms with Gasteiger partial charge in [0, 0.05) is 35.7 Å². The molecular formula is C19H15FN2O3.